The molecule has 0 bridgehead atoms. The lowest BCUT2D eigenvalue weighted by Crippen LogP contribution is -2.17. The molecule has 0 saturated heterocycles. The van der Waals surface area contributed by atoms with Gasteiger partial charge in [-0.15, -0.1) is 22.7 Å². The Morgan fingerprint density at radius 3 is 2.56 bits per heavy atom. The van der Waals surface area contributed by atoms with E-state index in [1.54, 1.807) is 20.8 Å². The first-order valence-corrected chi connectivity index (χ1v) is 16.0. The first-order chi connectivity index (χ1) is 19.8. The Morgan fingerprint density at radius 2 is 1.80 bits per heavy atom. The molecule has 0 spiro atoms. The van der Waals surface area contributed by atoms with Crippen LogP contribution in [0.15, 0.2) is 33.5 Å². The van der Waals surface area contributed by atoms with Crippen molar-refractivity contribution in [2.45, 2.75) is 51.6 Å². The van der Waals surface area contributed by atoms with Crippen LogP contribution < -0.4 is 10.9 Å². The Morgan fingerprint density at radius 1 is 1.07 bits per heavy atom. The third-order valence-corrected chi connectivity index (χ3v) is 9.69. The van der Waals surface area contributed by atoms with Crippen LogP contribution in [0.3, 0.4) is 0 Å². The molecule has 4 aromatic rings. The van der Waals surface area contributed by atoms with E-state index in [-0.39, 0.29) is 40.0 Å². The highest BCUT2D eigenvalue weighted by molar-refractivity contribution is 7.99. The van der Waals surface area contributed by atoms with E-state index in [0.717, 1.165) is 47.1 Å². The van der Waals surface area contributed by atoms with E-state index >= 15 is 0 Å². The smallest absolute Gasteiger partial charge is 0.348 e. The topological polar surface area (TPSA) is 127 Å². The van der Waals surface area contributed by atoms with Gasteiger partial charge in [-0.25, -0.2) is 14.6 Å². The molecular weight excluding hydrogens is 583 g/mol. The van der Waals surface area contributed by atoms with Gasteiger partial charge in [0.2, 0.25) is 5.91 Å². The summed E-state index contributed by atoms with van der Waals surface area (Å²) < 4.78 is 10.2. The van der Waals surface area contributed by atoms with Crippen LogP contribution in [0.2, 0.25) is 0 Å². The molecule has 0 fully saturated rings. The van der Waals surface area contributed by atoms with E-state index in [0.29, 0.717) is 20.9 Å². The van der Waals surface area contributed by atoms with Crippen molar-refractivity contribution < 1.29 is 23.9 Å². The summed E-state index contributed by atoms with van der Waals surface area (Å²) in [5, 5.41) is 5.73. The number of ether oxygens (including phenoxy) is 2. The summed E-state index contributed by atoms with van der Waals surface area (Å²) in [4.78, 5) is 59.2. The predicted molar refractivity (Wildman–Crippen MR) is 163 cm³/mol. The molecular formula is C29H29N3O6S3. The molecule has 12 heteroatoms. The number of carbonyl (C=O) groups is 3. The number of nitrogens with zero attached hydrogens (tertiary/aromatic N) is 1. The molecule has 0 atom stereocenters. The van der Waals surface area contributed by atoms with Crippen LogP contribution in [-0.4, -0.2) is 46.8 Å². The van der Waals surface area contributed by atoms with Crippen LogP contribution in [-0.2, 0) is 27.1 Å². The van der Waals surface area contributed by atoms with Gasteiger partial charge in [0.1, 0.15) is 14.7 Å². The molecule has 1 aliphatic carbocycles. The molecule has 0 saturated carbocycles. The Balaban J connectivity index is 1.33. The number of aromatic nitrogens is 2. The third-order valence-electron chi connectivity index (χ3n) is 6.76. The summed E-state index contributed by atoms with van der Waals surface area (Å²) >= 11 is 3.43. The summed E-state index contributed by atoms with van der Waals surface area (Å²) in [6, 6.07) is 6.42. The SMILES string of the molecule is CCOC(=O)c1sc(NC(=O)CSc2nc3scc(-c4ccc5c(c4)CCCC5)c3c(=O)[nH]2)c(C(=O)OCC)c1C. The fraction of sp³-hybridized carbons (Fsp3) is 0.345. The number of esters is 2. The standard InChI is InChI=1S/C29H29N3O6S3/c1-4-37-27(35)21-15(3)23(28(36)38-5-2)41-26(21)30-20(33)14-40-29-31-24(34)22-19(13-39-25(22)32-29)18-11-10-16-8-6-7-9-17(16)12-18/h10-13H,4-9,14H2,1-3H3,(H,30,33)(H,31,32,34). The second kappa shape index (κ2) is 12.6. The van der Waals surface area contributed by atoms with Crippen LogP contribution in [0.4, 0.5) is 5.00 Å². The van der Waals surface area contributed by atoms with Crippen molar-refractivity contribution >= 4 is 67.5 Å². The van der Waals surface area contributed by atoms with Crippen LogP contribution in [0.1, 0.15) is 63.4 Å². The van der Waals surface area contributed by atoms with E-state index in [9.17, 15) is 19.2 Å². The number of nitrogens with one attached hydrogen (secondary N) is 2. The van der Waals surface area contributed by atoms with Gasteiger partial charge in [-0.3, -0.25) is 9.59 Å². The van der Waals surface area contributed by atoms with E-state index in [1.807, 2.05) is 5.38 Å². The minimum atomic E-state index is -0.636. The van der Waals surface area contributed by atoms with E-state index < -0.39 is 17.8 Å². The summed E-state index contributed by atoms with van der Waals surface area (Å²) in [7, 11) is 0. The van der Waals surface area contributed by atoms with Gasteiger partial charge in [0.25, 0.3) is 5.56 Å². The first-order valence-electron chi connectivity index (χ1n) is 13.3. The monoisotopic (exact) mass is 611 g/mol. The third kappa shape index (κ3) is 6.09. The highest BCUT2D eigenvalue weighted by Gasteiger charge is 2.27. The molecule has 0 unspecified atom stereocenters. The van der Waals surface area contributed by atoms with E-state index in [1.165, 1.54) is 35.3 Å². The zero-order chi connectivity index (χ0) is 29.1. The van der Waals surface area contributed by atoms with Gasteiger partial charge < -0.3 is 19.8 Å². The van der Waals surface area contributed by atoms with Gasteiger partial charge >= 0.3 is 11.9 Å². The van der Waals surface area contributed by atoms with E-state index in [2.05, 4.69) is 33.5 Å². The second-order valence-corrected chi connectivity index (χ2v) is 12.3. The number of thiophene rings is 2. The van der Waals surface area contributed by atoms with Gasteiger partial charge in [-0.2, -0.15) is 0 Å². The lowest BCUT2D eigenvalue weighted by Gasteiger charge is -2.16. The number of fused-ring (bicyclic) bond motifs is 2. The average molecular weight is 612 g/mol. The minimum Gasteiger partial charge on any atom is -0.462 e. The number of H-pyrrole nitrogens is 1. The number of thioether (sulfide) groups is 1. The second-order valence-electron chi connectivity index (χ2n) is 9.43. The molecule has 41 heavy (non-hydrogen) atoms. The number of benzene rings is 1. The zero-order valence-corrected chi connectivity index (χ0v) is 25.3. The molecule has 214 valence electrons. The molecule has 3 heterocycles. The van der Waals surface area contributed by atoms with Gasteiger partial charge in [0.15, 0.2) is 5.16 Å². The number of anilines is 1. The largest absolute Gasteiger partial charge is 0.462 e. The van der Waals surface area contributed by atoms with Crippen molar-refractivity contribution in [2.24, 2.45) is 0 Å². The molecule has 5 rings (SSSR count). The number of amides is 1. The highest BCUT2D eigenvalue weighted by Crippen LogP contribution is 2.36. The Bertz CT molecular complexity index is 1700. The molecule has 9 nitrogen and oxygen atoms in total. The summed E-state index contributed by atoms with van der Waals surface area (Å²) in [6.07, 6.45) is 4.54. The average Bonchev–Trinajstić information content (AvgIpc) is 3.53. The molecule has 2 N–H and O–H groups in total. The lowest BCUT2D eigenvalue weighted by molar-refractivity contribution is -0.113. The molecule has 1 aromatic carbocycles. The fourth-order valence-corrected chi connectivity index (χ4v) is 7.62. The number of rotatable bonds is 9. The maximum absolute atomic E-state index is 13.1. The molecule has 1 amide bonds. The molecule has 1 aliphatic rings. The maximum atomic E-state index is 13.1. The minimum absolute atomic E-state index is 0.0779. The number of hydrogen-bond donors (Lipinski definition) is 2. The van der Waals surface area contributed by atoms with Gasteiger partial charge in [-0.1, -0.05) is 30.0 Å². The number of aryl methyl sites for hydroxylation is 2. The summed E-state index contributed by atoms with van der Waals surface area (Å²) in [5.74, 6) is -1.72. The number of aromatic amines is 1. The lowest BCUT2D eigenvalue weighted by atomic mass is 9.89. The molecule has 0 aliphatic heterocycles. The quantitative estimate of drug-likeness (QED) is 0.134. The van der Waals surface area contributed by atoms with Crippen LogP contribution in [0.5, 0.6) is 0 Å². The zero-order valence-electron chi connectivity index (χ0n) is 22.9. The number of carbonyl (C=O) groups excluding carboxylic acids is 3. The number of hydrogen-bond acceptors (Lipinski definition) is 10. The highest BCUT2D eigenvalue weighted by atomic mass is 32.2. The maximum Gasteiger partial charge on any atom is 0.348 e. The van der Waals surface area contributed by atoms with Gasteiger partial charge in [0, 0.05) is 10.9 Å². The van der Waals surface area contributed by atoms with Crippen molar-refractivity contribution in [3.05, 3.63) is 61.1 Å². The Hall–Kier alpha value is -3.48. The van der Waals surface area contributed by atoms with E-state index in [4.69, 9.17) is 9.47 Å². The van der Waals surface area contributed by atoms with Gasteiger partial charge in [0.05, 0.1) is 29.9 Å². The molecule has 0 radical (unpaired) electrons. The van der Waals surface area contributed by atoms with Crippen LogP contribution in [0, 0.1) is 6.92 Å². The fourth-order valence-electron chi connectivity index (χ4n) is 4.85. The molecule has 3 aromatic heterocycles. The van der Waals surface area contributed by atoms with Gasteiger partial charge in [-0.05, 0) is 68.7 Å². The van der Waals surface area contributed by atoms with Crippen molar-refractivity contribution in [3.8, 4) is 11.1 Å². The summed E-state index contributed by atoms with van der Waals surface area (Å²) in [6.45, 7) is 5.30. The van der Waals surface area contributed by atoms with Crippen molar-refractivity contribution in [1.29, 1.82) is 0 Å². The van der Waals surface area contributed by atoms with Crippen molar-refractivity contribution in [2.75, 3.05) is 24.3 Å². The first kappa shape index (κ1) is 29.0. The normalized spacial score (nSPS) is 12.7. The Kier molecular flexibility index (Phi) is 8.91. The Labute approximate surface area is 248 Å². The van der Waals surface area contributed by atoms with Crippen LogP contribution >= 0.6 is 34.4 Å². The van der Waals surface area contributed by atoms with Crippen LogP contribution in [0.25, 0.3) is 21.3 Å². The predicted octanol–water partition coefficient (Wildman–Crippen LogP) is 5.98. The van der Waals surface area contributed by atoms with Crippen molar-refractivity contribution in [1.82, 2.24) is 9.97 Å². The van der Waals surface area contributed by atoms with Crippen molar-refractivity contribution in [3.63, 3.8) is 0 Å². The summed E-state index contributed by atoms with van der Waals surface area (Å²) in [5.41, 5.74) is 4.85.